The van der Waals surface area contributed by atoms with Crippen LogP contribution in [0.1, 0.15) is 53.1 Å². The zero-order valence-electron chi connectivity index (χ0n) is 22.9. The molecule has 0 aliphatic carbocycles. The Bertz CT molecular complexity index is 1280. The van der Waals surface area contributed by atoms with Gasteiger partial charge in [0.1, 0.15) is 0 Å². The molecule has 0 radical (unpaired) electrons. The summed E-state index contributed by atoms with van der Waals surface area (Å²) in [6.07, 6.45) is 0.604. The fourth-order valence-corrected chi connectivity index (χ4v) is 5.31. The van der Waals surface area contributed by atoms with Crippen molar-refractivity contribution >= 4 is 7.12 Å². The second kappa shape index (κ2) is 15.3. The standard InChI is InChI=1S/C15H22BN6.C10H11O.2CO.W/c1-10-7-13(4)20(17-10)16(21-14(5)8-11(2)18-21)22-15(6)9-12(3)19-22;1-3-10(2,11)9-7-5-4-6-8-9;2*1-2;/h7-9,16H,1-6H3;4-8,11H,3H2,2H3;;;/q-1;;;;+1. The van der Waals surface area contributed by atoms with E-state index in [1.54, 1.807) is 0 Å². The molecule has 0 bridgehead atoms. The quantitative estimate of drug-likeness (QED) is 0.197. The first-order valence-electron chi connectivity index (χ1n) is 11.8. The van der Waals surface area contributed by atoms with Crippen LogP contribution in [-0.2, 0) is 34.1 Å². The van der Waals surface area contributed by atoms with Crippen LogP contribution < -0.4 is 0 Å². The third-order valence-corrected chi connectivity index (χ3v) is 6.44. The van der Waals surface area contributed by atoms with Gasteiger partial charge >= 0.3 is 113 Å². The van der Waals surface area contributed by atoms with E-state index in [0.717, 1.165) is 39.7 Å². The molecule has 1 unspecified atom stereocenters. The summed E-state index contributed by atoms with van der Waals surface area (Å²) in [4.78, 5) is 0. The molecule has 1 N–H and O–H groups in total. The molecule has 4 aromatic rings. The molecule has 0 aliphatic rings. The van der Waals surface area contributed by atoms with Crippen molar-refractivity contribution in [2.45, 2.75) is 60.5 Å². The Balaban J connectivity index is 0.000000383. The van der Waals surface area contributed by atoms with Gasteiger partial charge in [-0.2, -0.15) is 0 Å². The Labute approximate surface area is 235 Å². The van der Waals surface area contributed by atoms with Crippen LogP contribution >= 0.6 is 0 Å². The molecule has 0 fully saturated rings. The molecule has 4 rings (SSSR count). The molecule has 1 atom stereocenters. The van der Waals surface area contributed by atoms with Gasteiger partial charge in [0, 0.05) is 0 Å². The fourth-order valence-electron chi connectivity index (χ4n) is 4.30. The molecule has 0 amide bonds. The van der Waals surface area contributed by atoms with E-state index in [2.05, 4.69) is 70.3 Å². The zero-order valence-corrected chi connectivity index (χ0v) is 25.8. The van der Waals surface area contributed by atoms with Crippen LogP contribution in [0.4, 0.5) is 0 Å². The summed E-state index contributed by atoms with van der Waals surface area (Å²) in [6, 6.07) is 16.0. The van der Waals surface area contributed by atoms with Crippen molar-refractivity contribution in [3.63, 3.8) is 0 Å². The first-order valence-corrected chi connectivity index (χ1v) is 13.3. The van der Waals surface area contributed by atoms with Crippen molar-refractivity contribution < 1.29 is 33.6 Å². The number of benzene rings is 1. The Morgan fingerprint density at radius 2 is 1.13 bits per heavy atom. The Kier molecular flexibility index (Phi) is 13.2. The molecular formula is C27H33BN6O3W. The van der Waals surface area contributed by atoms with E-state index in [-0.39, 0.29) is 0 Å². The first-order chi connectivity index (χ1) is 18.0. The summed E-state index contributed by atoms with van der Waals surface area (Å²) in [7, 11) is -1.26. The Morgan fingerprint density at radius 3 is 1.39 bits per heavy atom. The van der Waals surface area contributed by atoms with Gasteiger partial charge in [-0.3, -0.25) is 0 Å². The van der Waals surface area contributed by atoms with Crippen LogP contribution in [0.15, 0.2) is 48.5 Å². The van der Waals surface area contributed by atoms with Crippen molar-refractivity contribution in [1.29, 1.82) is 0 Å². The molecule has 9 nitrogen and oxygen atoms in total. The van der Waals surface area contributed by atoms with Gasteiger partial charge in [0.15, 0.2) is 0 Å². The van der Waals surface area contributed by atoms with E-state index in [9.17, 15) is 5.11 Å². The van der Waals surface area contributed by atoms with E-state index < -0.39 is 12.7 Å². The maximum absolute atomic E-state index is 9.94. The molecular weight excluding hydrogens is 651 g/mol. The van der Waals surface area contributed by atoms with E-state index in [0.29, 0.717) is 6.42 Å². The van der Waals surface area contributed by atoms with Crippen molar-refractivity contribution in [3.05, 3.63) is 102 Å². The summed E-state index contributed by atoms with van der Waals surface area (Å²) >= 11 is 1.28. The molecule has 1 aromatic carbocycles. The summed E-state index contributed by atoms with van der Waals surface area (Å²) in [6.45, 7) is 23.1. The van der Waals surface area contributed by atoms with Crippen molar-refractivity contribution in [2.75, 3.05) is 0 Å². The maximum atomic E-state index is 9.94. The van der Waals surface area contributed by atoms with Crippen LogP contribution in [0.25, 0.3) is 0 Å². The minimum absolute atomic E-state index is 0.604. The van der Waals surface area contributed by atoms with E-state index in [4.69, 9.17) is 24.6 Å². The van der Waals surface area contributed by atoms with E-state index >= 15 is 0 Å². The predicted octanol–water partition coefficient (Wildman–Crippen LogP) is 3.50. The van der Waals surface area contributed by atoms with Gasteiger partial charge in [-0.15, -0.1) is 0 Å². The third kappa shape index (κ3) is 8.42. The number of aliphatic hydroxyl groups is 1. The minimum atomic E-state index is -1.26. The molecule has 38 heavy (non-hydrogen) atoms. The average Bonchev–Trinajstić information content (AvgIpc) is 3.52. The van der Waals surface area contributed by atoms with Crippen LogP contribution in [0.3, 0.4) is 0 Å². The second-order valence-electron chi connectivity index (χ2n) is 9.17. The second-order valence-corrected chi connectivity index (χ2v) is 10.2. The first kappa shape index (κ1) is 32.9. The molecule has 3 aromatic heterocycles. The van der Waals surface area contributed by atoms with Gasteiger partial charge in [-0.25, -0.2) is 15.3 Å². The van der Waals surface area contributed by atoms with Gasteiger partial charge in [-0.1, -0.05) is 0 Å². The van der Waals surface area contributed by atoms with Crippen LogP contribution in [-0.4, -0.2) is 41.3 Å². The fraction of sp³-hybridized carbons (Fsp3) is 0.333. The van der Waals surface area contributed by atoms with Crippen LogP contribution in [0, 0.1) is 59.0 Å². The number of aromatic nitrogens is 6. The monoisotopic (exact) mass is 684 g/mol. The summed E-state index contributed by atoms with van der Waals surface area (Å²) in [5.41, 5.74) is 6.61. The number of hydrogen-bond acceptors (Lipinski definition) is 4. The third-order valence-electron chi connectivity index (χ3n) is 5.93. The van der Waals surface area contributed by atoms with E-state index in [1.165, 1.54) is 19.2 Å². The van der Waals surface area contributed by atoms with Crippen molar-refractivity contribution in [1.82, 2.24) is 29.1 Å². The van der Waals surface area contributed by atoms with Gasteiger partial charge < -0.3 is 13.8 Å². The van der Waals surface area contributed by atoms with Gasteiger partial charge in [0.2, 0.25) is 0 Å². The number of hydrogen-bond donors (Lipinski definition) is 1. The summed E-state index contributed by atoms with van der Waals surface area (Å²) in [5.74, 6) is 0. The molecule has 0 saturated carbocycles. The zero-order chi connectivity index (χ0) is 29.0. The van der Waals surface area contributed by atoms with E-state index in [1.807, 2.05) is 58.0 Å². The van der Waals surface area contributed by atoms with Crippen molar-refractivity contribution in [3.8, 4) is 4.20 Å². The van der Waals surface area contributed by atoms with Gasteiger partial charge in [0.05, 0.1) is 17.1 Å². The number of nitrogens with zero attached hydrogens (tertiary/aromatic N) is 6. The average molecular weight is 684 g/mol. The molecule has 3 heterocycles. The van der Waals surface area contributed by atoms with Gasteiger partial charge in [0.25, 0.3) is 0 Å². The van der Waals surface area contributed by atoms with Crippen LogP contribution in [0.5, 0.6) is 0 Å². The number of rotatable bonds is 5. The summed E-state index contributed by atoms with van der Waals surface area (Å²) in [5, 5.41) is 24.0. The molecule has 0 aliphatic heterocycles. The normalized spacial score (nSPS) is 11.5. The predicted molar refractivity (Wildman–Crippen MR) is 141 cm³/mol. The molecule has 11 heteroatoms. The molecule has 198 valence electrons. The number of aryl methyl sites for hydroxylation is 6. The van der Waals surface area contributed by atoms with Gasteiger partial charge in [-0.05, 0) is 76.8 Å². The Hall–Kier alpha value is -3.18. The topological polar surface area (TPSA) is 113 Å². The van der Waals surface area contributed by atoms with Crippen molar-refractivity contribution in [2.24, 2.45) is 0 Å². The molecule has 0 spiro atoms. The Morgan fingerprint density at radius 1 is 0.789 bits per heavy atom. The summed E-state index contributed by atoms with van der Waals surface area (Å²) < 4.78 is 24.2. The van der Waals surface area contributed by atoms with Crippen LogP contribution in [0.2, 0.25) is 0 Å². The molecule has 0 saturated heterocycles. The SMILES string of the molecule is CC(O)(C[C]#[W+])c1ccccc1.Cc1cc(C)n([BH-](n2nc(C)cc2C)n2nc(C)cc2C)n1.[C-]#[O+].[C-]#[O+].